The number of hydrogen-bond acceptors (Lipinski definition) is 6. The Morgan fingerprint density at radius 3 is 0.704 bits per heavy atom. The molecule has 0 heterocycles. The van der Waals surface area contributed by atoms with Crippen molar-refractivity contribution in [2.45, 2.75) is 284 Å². The first-order valence-electron chi connectivity index (χ1n) is 33.0. The van der Waals surface area contributed by atoms with Crippen molar-refractivity contribution >= 4 is 17.9 Å². The zero-order valence-electron chi connectivity index (χ0n) is 52.2. The van der Waals surface area contributed by atoms with Crippen LogP contribution in [0.4, 0.5) is 0 Å². The molecule has 0 saturated carbocycles. The van der Waals surface area contributed by atoms with Gasteiger partial charge in [0.2, 0.25) is 0 Å². The van der Waals surface area contributed by atoms with Crippen LogP contribution in [0.1, 0.15) is 278 Å². The Hall–Kier alpha value is -4.97. The molecule has 0 aromatic carbocycles. The largest absolute Gasteiger partial charge is 0.462 e. The molecule has 6 nitrogen and oxygen atoms in total. The molecule has 0 saturated heterocycles. The first-order chi connectivity index (χ1) is 40.0. The molecular weight excluding hydrogens is 997 g/mol. The van der Waals surface area contributed by atoms with Crippen molar-refractivity contribution in [3.63, 3.8) is 0 Å². The Morgan fingerprint density at radius 1 is 0.247 bits per heavy atom. The van der Waals surface area contributed by atoms with Gasteiger partial charge in [-0.1, -0.05) is 275 Å². The minimum atomic E-state index is -0.807. The van der Waals surface area contributed by atoms with E-state index in [9.17, 15) is 14.4 Å². The van der Waals surface area contributed by atoms with Crippen LogP contribution in [0.5, 0.6) is 0 Å². The van der Waals surface area contributed by atoms with Crippen LogP contribution in [0.15, 0.2) is 158 Å². The maximum absolute atomic E-state index is 12.9. The summed E-state index contributed by atoms with van der Waals surface area (Å²) in [7, 11) is 0. The summed E-state index contributed by atoms with van der Waals surface area (Å²) in [4.78, 5) is 38.3. The van der Waals surface area contributed by atoms with Gasteiger partial charge in [-0.15, -0.1) is 0 Å². The van der Waals surface area contributed by atoms with Crippen LogP contribution in [-0.2, 0) is 28.6 Å². The van der Waals surface area contributed by atoms with E-state index in [1.165, 1.54) is 77.0 Å². The molecule has 0 fully saturated rings. The molecule has 0 bridgehead atoms. The number of ether oxygens (including phenoxy) is 3. The predicted molar refractivity (Wildman–Crippen MR) is 352 cm³/mol. The molecule has 0 rings (SSSR count). The first kappa shape index (κ1) is 76.0. The minimum Gasteiger partial charge on any atom is -0.462 e. The maximum Gasteiger partial charge on any atom is 0.306 e. The van der Waals surface area contributed by atoms with Gasteiger partial charge in [0.25, 0.3) is 0 Å². The van der Waals surface area contributed by atoms with Gasteiger partial charge in [-0.3, -0.25) is 14.4 Å². The van der Waals surface area contributed by atoms with Crippen LogP contribution in [0.2, 0.25) is 0 Å². The lowest BCUT2D eigenvalue weighted by molar-refractivity contribution is -0.167. The van der Waals surface area contributed by atoms with Crippen molar-refractivity contribution in [2.24, 2.45) is 0 Å². The smallest absolute Gasteiger partial charge is 0.306 e. The first-order valence-corrected chi connectivity index (χ1v) is 33.0. The van der Waals surface area contributed by atoms with Gasteiger partial charge in [-0.05, 0) is 141 Å². The van der Waals surface area contributed by atoms with Gasteiger partial charge in [0.15, 0.2) is 6.10 Å². The summed E-state index contributed by atoms with van der Waals surface area (Å²) in [6.07, 6.45) is 98.3. The van der Waals surface area contributed by atoms with E-state index in [1.54, 1.807) is 0 Å². The topological polar surface area (TPSA) is 78.9 Å². The molecular formula is C75H120O6. The highest BCUT2D eigenvalue weighted by Crippen LogP contribution is 2.15. The number of rotatable bonds is 58. The molecule has 1 atom stereocenters. The van der Waals surface area contributed by atoms with E-state index in [4.69, 9.17) is 14.2 Å². The number of allylic oxidation sites excluding steroid dienone is 26. The minimum absolute atomic E-state index is 0.0996. The molecule has 0 aliphatic rings. The molecule has 1 unspecified atom stereocenters. The van der Waals surface area contributed by atoms with Gasteiger partial charge in [-0.2, -0.15) is 0 Å². The third-order valence-corrected chi connectivity index (χ3v) is 13.5. The van der Waals surface area contributed by atoms with Crippen molar-refractivity contribution in [1.82, 2.24) is 0 Å². The molecule has 0 aliphatic carbocycles. The lowest BCUT2D eigenvalue weighted by atomic mass is 10.0. The van der Waals surface area contributed by atoms with Crippen LogP contribution in [0, 0.1) is 0 Å². The average Bonchev–Trinajstić information content (AvgIpc) is 3.46. The quantitative estimate of drug-likeness (QED) is 0.0261. The summed E-state index contributed by atoms with van der Waals surface area (Å²) in [5.74, 6) is -0.947. The van der Waals surface area contributed by atoms with Gasteiger partial charge in [0, 0.05) is 19.3 Å². The van der Waals surface area contributed by atoms with Gasteiger partial charge in [0.1, 0.15) is 13.2 Å². The Kier molecular flexibility index (Phi) is 63.4. The Labute approximate surface area is 499 Å². The second-order valence-corrected chi connectivity index (χ2v) is 21.2. The van der Waals surface area contributed by atoms with Crippen molar-refractivity contribution in [3.05, 3.63) is 158 Å². The van der Waals surface area contributed by atoms with E-state index in [0.29, 0.717) is 19.3 Å². The summed E-state index contributed by atoms with van der Waals surface area (Å²) in [6, 6.07) is 0. The van der Waals surface area contributed by atoms with Crippen molar-refractivity contribution in [1.29, 1.82) is 0 Å². The van der Waals surface area contributed by atoms with Crippen LogP contribution in [0.25, 0.3) is 0 Å². The van der Waals surface area contributed by atoms with Crippen LogP contribution >= 0.6 is 0 Å². The Bertz CT molecular complexity index is 1810. The van der Waals surface area contributed by atoms with E-state index in [2.05, 4.69) is 179 Å². The summed E-state index contributed by atoms with van der Waals surface area (Å²) in [5.41, 5.74) is 0. The van der Waals surface area contributed by atoms with Crippen molar-refractivity contribution in [3.8, 4) is 0 Å². The monoisotopic (exact) mass is 1120 g/mol. The molecule has 0 amide bonds. The molecule has 0 radical (unpaired) electrons. The number of carbonyl (C=O) groups is 3. The van der Waals surface area contributed by atoms with Crippen LogP contribution in [0.3, 0.4) is 0 Å². The van der Waals surface area contributed by atoms with Gasteiger partial charge in [0.05, 0.1) is 0 Å². The van der Waals surface area contributed by atoms with E-state index < -0.39 is 6.10 Å². The summed E-state index contributed by atoms with van der Waals surface area (Å²) in [6.45, 7) is 6.26. The highest BCUT2D eigenvalue weighted by molar-refractivity contribution is 5.71. The van der Waals surface area contributed by atoms with E-state index in [-0.39, 0.29) is 31.1 Å². The molecule has 0 spiro atoms. The molecule has 0 N–H and O–H groups in total. The molecule has 456 valence electrons. The number of carbonyl (C=O) groups excluding carboxylic acids is 3. The fourth-order valence-corrected chi connectivity index (χ4v) is 8.69. The lowest BCUT2D eigenvalue weighted by Gasteiger charge is -2.18. The standard InChI is InChI=1S/C75H120O6/c1-4-7-10-13-16-19-22-25-27-29-31-32-33-34-35-36-37-38-39-40-41-42-44-45-47-50-53-56-59-62-65-68-74(77)80-71-72(70-79-73(76)67-64-61-58-55-52-49-24-21-18-15-12-9-6-3)81-75(78)69-66-63-60-57-54-51-48-46-43-30-28-26-23-20-17-14-11-8-5-2/h7-12,16-21,25-28,31-32,34-35,37-38,43,46,49,52,72H,4-6,13-15,22-24,29-30,33,36,39-42,44-45,47-48,50-51,53-71H2,1-3H3/b10-7-,11-8-,12-9-,19-16-,20-17-,21-18-,27-25-,28-26-,32-31-,35-34-,38-37-,46-43-,52-49-. The fraction of sp³-hybridized carbons (Fsp3) is 0.613. The highest BCUT2D eigenvalue weighted by atomic mass is 16.6. The molecule has 0 aromatic rings. The van der Waals surface area contributed by atoms with Crippen LogP contribution < -0.4 is 0 Å². The Balaban J connectivity index is 4.32. The molecule has 6 heteroatoms. The molecule has 81 heavy (non-hydrogen) atoms. The van der Waals surface area contributed by atoms with E-state index in [0.717, 1.165) is 161 Å². The maximum atomic E-state index is 12.9. The van der Waals surface area contributed by atoms with Gasteiger partial charge >= 0.3 is 17.9 Å². The fourth-order valence-electron chi connectivity index (χ4n) is 8.69. The third-order valence-electron chi connectivity index (χ3n) is 13.5. The van der Waals surface area contributed by atoms with Crippen molar-refractivity contribution < 1.29 is 28.6 Å². The average molecular weight is 1120 g/mol. The van der Waals surface area contributed by atoms with Gasteiger partial charge in [-0.25, -0.2) is 0 Å². The third kappa shape index (κ3) is 65.7. The zero-order valence-corrected chi connectivity index (χ0v) is 52.2. The van der Waals surface area contributed by atoms with E-state index in [1.807, 2.05) is 0 Å². The van der Waals surface area contributed by atoms with E-state index >= 15 is 0 Å². The SMILES string of the molecule is CC/C=C\C/C=C\C/C=C\C/C=C\C/C=C\C/C=C\CCCCCCCCCCCCCCC(=O)OCC(COC(=O)CCCCC/C=C\C/C=C\C/C=C\CC)OC(=O)CCCCCCCC/C=C\C/C=C\C/C=C\C/C=C\CC. The van der Waals surface area contributed by atoms with Crippen molar-refractivity contribution in [2.75, 3.05) is 13.2 Å². The predicted octanol–water partition coefficient (Wildman–Crippen LogP) is 22.9. The number of esters is 3. The summed E-state index contributed by atoms with van der Waals surface area (Å²) in [5, 5.41) is 0. The molecule has 0 aromatic heterocycles. The molecule has 0 aliphatic heterocycles. The number of unbranched alkanes of at least 4 members (excludes halogenated alkanes) is 21. The summed E-state index contributed by atoms with van der Waals surface area (Å²) >= 11 is 0. The van der Waals surface area contributed by atoms with Crippen LogP contribution in [-0.4, -0.2) is 37.2 Å². The second-order valence-electron chi connectivity index (χ2n) is 21.2. The highest BCUT2D eigenvalue weighted by Gasteiger charge is 2.19. The zero-order chi connectivity index (χ0) is 58.5. The van der Waals surface area contributed by atoms with Gasteiger partial charge < -0.3 is 14.2 Å². The normalized spacial score (nSPS) is 13.2. The Morgan fingerprint density at radius 2 is 0.444 bits per heavy atom. The lowest BCUT2D eigenvalue weighted by Crippen LogP contribution is -2.30. The summed E-state index contributed by atoms with van der Waals surface area (Å²) < 4.78 is 16.9. The second kappa shape index (κ2) is 67.5. The number of hydrogen-bond donors (Lipinski definition) is 0.